The van der Waals surface area contributed by atoms with Gasteiger partial charge in [-0.1, -0.05) is 0 Å². The van der Waals surface area contributed by atoms with Crippen molar-refractivity contribution in [2.75, 3.05) is 20.1 Å². The molecule has 2 atom stereocenters. The second kappa shape index (κ2) is 11.1. The number of likely N-dealkylation sites (tertiary alicyclic amines) is 1. The molecule has 140 valence electrons. The van der Waals surface area contributed by atoms with E-state index in [0.29, 0.717) is 32.1 Å². The Morgan fingerprint density at radius 3 is 2.60 bits per heavy atom. The summed E-state index contributed by atoms with van der Waals surface area (Å²) >= 11 is 0. The van der Waals surface area contributed by atoms with Crippen LogP contribution in [0.5, 0.6) is 0 Å². The van der Waals surface area contributed by atoms with Gasteiger partial charge >= 0.3 is 0 Å². The van der Waals surface area contributed by atoms with Gasteiger partial charge in [-0.15, -0.1) is 5.10 Å². The molecule has 1 aromatic heterocycles. The van der Waals surface area contributed by atoms with Crippen LogP contribution in [0.1, 0.15) is 26.2 Å². The maximum atomic E-state index is 12.0. The first-order valence-corrected chi connectivity index (χ1v) is 7.99. The Morgan fingerprint density at radius 2 is 2.00 bits per heavy atom. The summed E-state index contributed by atoms with van der Waals surface area (Å²) in [5.74, 6) is 0.0160. The number of nitrogens with one attached hydrogen (secondary N) is 2. The molecular formula is C14H25N7O4. The second-order valence-corrected chi connectivity index (χ2v) is 5.72. The largest absolute Gasteiger partial charge is 0.483 e. The molecule has 0 saturated carbocycles. The lowest BCUT2D eigenvalue weighted by molar-refractivity contribution is -0.123. The lowest BCUT2D eigenvalue weighted by Gasteiger charge is -2.25. The highest BCUT2D eigenvalue weighted by molar-refractivity contribution is 5.76. The minimum absolute atomic E-state index is 0.0165. The van der Waals surface area contributed by atoms with Gasteiger partial charge < -0.3 is 15.7 Å². The van der Waals surface area contributed by atoms with Gasteiger partial charge in [0.25, 0.3) is 6.47 Å². The predicted molar refractivity (Wildman–Crippen MR) is 87.4 cm³/mol. The summed E-state index contributed by atoms with van der Waals surface area (Å²) in [4.78, 5) is 33.5. The maximum absolute atomic E-state index is 12.0. The highest BCUT2D eigenvalue weighted by atomic mass is 16.3. The van der Waals surface area contributed by atoms with E-state index >= 15 is 0 Å². The molecule has 2 amide bonds. The number of aromatic nitrogens is 4. The Balaban J connectivity index is 0.000000970. The second-order valence-electron chi connectivity index (χ2n) is 5.72. The molecule has 11 heteroatoms. The summed E-state index contributed by atoms with van der Waals surface area (Å²) in [5, 5.41) is 23.4. The normalized spacial score (nSPS) is 19.6. The summed E-state index contributed by atoms with van der Waals surface area (Å²) in [7, 11) is 2.01. The van der Waals surface area contributed by atoms with Gasteiger partial charge in [0.2, 0.25) is 11.8 Å². The third-order valence-corrected chi connectivity index (χ3v) is 4.05. The van der Waals surface area contributed by atoms with E-state index in [1.54, 1.807) is 4.68 Å². The fraction of sp³-hybridized carbons (Fsp3) is 0.714. The lowest BCUT2D eigenvalue weighted by Crippen LogP contribution is -2.42. The quantitative estimate of drug-likeness (QED) is 0.501. The fourth-order valence-electron chi connectivity index (χ4n) is 2.72. The molecule has 0 unspecified atom stereocenters. The van der Waals surface area contributed by atoms with Crippen LogP contribution in [0.15, 0.2) is 6.33 Å². The van der Waals surface area contributed by atoms with Crippen LogP contribution in [0.25, 0.3) is 0 Å². The van der Waals surface area contributed by atoms with E-state index in [9.17, 15) is 9.59 Å². The third-order valence-electron chi connectivity index (χ3n) is 4.05. The number of carbonyl (C=O) groups is 3. The van der Waals surface area contributed by atoms with Gasteiger partial charge in [-0.05, 0) is 30.3 Å². The monoisotopic (exact) mass is 355 g/mol. The average Bonchev–Trinajstić information content (AvgIpc) is 3.18. The number of likely N-dealkylation sites (N-methyl/N-ethyl adjacent to an activating group) is 1. The molecule has 0 aliphatic carbocycles. The molecule has 0 bridgehead atoms. The van der Waals surface area contributed by atoms with Crippen molar-refractivity contribution in [3.63, 3.8) is 0 Å². The standard InChI is InChI=1S/C13H23N7O2.CH2O2/c1-10(21)15-8-12-4-3-11(19(12)2)7-13(22)14-5-6-20-9-16-17-18-20;2-1-3/h9,11-12H,3-8H2,1-2H3,(H,14,22)(H,15,21);1H,(H,2,3)/t11-,12+;/m0./s1. The van der Waals surface area contributed by atoms with Crippen molar-refractivity contribution in [2.24, 2.45) is 0 Å². The smallest absolute Gasteiger partial charge is 0.290 e. The minimum atomic E-state index is -0.250. The van der Waals surface area contributed by atoms with E-state index in [2.05, 4.69) is 31.1 Å². The van der Waals surface area contributed by atoms with E-state index in [-0.39, 0.29) is 24.3 Å². The molecule has 0 spiro atoms. The molecule has 11 nitrogen and oxygen atoms in total. The number of nitrogens with zero attached hydrogens (tertiary/aromatic N) is 5. The molecule has 1 aromatic rings. The number of hydrogen-bond acceptors (Lipinski definition) is 7. The van der Waals surface area contributed by atoms with Gasteiger partial charge in [-0.2, -0.15) is 0 Å². The Bertz CT molecular complexity index is 537. The topological polar surface area (TPSA) is 142 Å². The van der Waals surface area contributed by atoms with Crippen molar-refractivity contribution in [3.8, 4) is 0 Å². The number of amides is 2. The van der Waals surface area contributed by atoms with Crippen LogP contribution >= 0.6 is 0 Å². The first-order valence-electron chi connectivity index (χ1n) is 7.99. The number of carboxylic acid groups (broad SMARTS) is 1. The summed E-state index contributed by atoms with van der Waals surface area (Å²) in [6.45, 7) is 2.98. The highest BCUT2D eigenvalue weighted by Crippen LogP contribution is 2.23. The van der Waals surface area contributed by atoms with Crippen molar-refractivity contribution in [2.45, 2.75) is 44.8 Å². The molecule has 1 saturated heterocycles. The van der Waals surface area contributed by atoms with Crippen LogP contribution in [0.3, 0.4) is 0 Å². The summed E-state index contributed by atoms with van der Waals surface area (Å²) in [6, 6.07) is 0.537. The zero-order valence-electron chi connectivity index (χ0n) is 14.5. The van der Waals surface area contributed by atoms with E-state index in [4.69, 9.17) is 9.90 Å². The number of tetrazole rings is 1. The molecule has 3 N–H and O–H groups in total. The van der Waals surface area contributed by atoms with Crippen LogP contribution in [-0.4, -0.2) is 80.7 Å². The summed E-state index contributed by atoms with van der Waals surface area (Å²) in [6.07, 6.45) is 3.97. The number of carbonyl (C=O) groups excluding carboxylic acids is 2. The zero-order valence-corrected chi connectivity index (χ0v) is 14.5. The van der Waals surface area contributed by atoms with Gasteiger partial charge in [-0.3, -0.25) is 19.3 Å². The van der Waals surface area contributed by atoms with E-state index in [1.807, 2.05) is 7.05 Å². The van der Waals surface area contributed by atoms with Crippen LogP contribution in [-0.2, 0) is 20.9 Å². The minimum Gasteiger partial charge on any atom is -0.483 e. The van der Waals surface area contributed by atoms with Crippen molar-refractivity contribution in [1.82, 2.24) is 35.7 Å². The third kappa shape index (κ3) is 7.70. The predicted octanol–water partition coefficient (Wildman–Crippen LogP) is -1.52. The molecule has 0 aromatic carbocycles. The van der Waals surface area contributed by atoms with Crippen LogP contribution < -0.4 is 10.6 Å². The molecule has 1 fully saturated rings. The van der Waals surface area contributed by atoms with Crippen LogP contribution in [0, 0.1) is 0 Å². The molecule has 2 rings (SSSR count). The van der Waals surface area contributed by atoms with Gasteiger partial charge in [0, 0.05) is 38.5 Å². The van der Waals surface area contributed by atoms with Gasteiger partial charge in [0.1, 0.15) is 6.33 Å². The van der Waals surface area contributed by atoms with Crippen LogP contribution in [0.2, 0.25) is 0 Å². The van der Waals surface area contributed by atoms with Gasteiger partial charge in [0.15, 0.2) is 0 Å². The first-order chi connectivity index (χ1) is 12.0. The number of rotatable bonds is 7. The molecule has 1 aliphatic heterocycles. The van der Waals surface area contributed by atoms with Gasteiger partial charge in [-0.25, -0.2) is 4.68 Å². The molecular weight excluding hydrogens is 330 g/mol. The van der Waals surface area contributed by atoms with Crippen molar-refractivity contribution < 1.29 is 19.5 Å². The summed E-state index contributed by atoms with van der Waals surface area (Å²) in [5.41, 5.74) is 0. The van der Waals surface area contributed by atoms with E-state index in [0.717, 1.165) is 12.8 Å². The Morgan fingerprint density at radius 1 is 1.32 bits per heavy atom. The Hall–Kier alpha value is -2.56. The molecule has 0 radical (unpaired) electrons. The highest BCUT2D eigenvalue weighted by Gasteiger charge is 2.31. The van der Waals surface area contributed by atoms with Crippen molar-refractivity contribution in [3.05, 3.63) is 6.33 Å². The molecule has 1 aliphatic rings. The van der Waals surface area contributed by atoms with Crippen molar-refractivity contribution >= 4 is 18.3 Å². The fourth-order valence-corrected chi connectivity index (χ4v) is 2.72. The number of hydrogen-bond donors (Lipinski definition) is 3. The Kier molecular flexibility index (Phi) is 9.07. The molecule has 25 heavy (non-hydrogen) atoms. The molecule has 2 heterocycles. The zero-order chi connectivity index (χ0) is 18.7. The first kappa shape index (κ1) is 20.5. The maximum Gasteiger partial charge on any atom is 0.290 e. The average molecular weight is 355 g/mol. The Labute approximate surface area is 145 Å². The lowest BCUT2D eigenvalue weighted by atomic mass is 10.1. The van der Waals surface area contributed by atoms with E-state index in [1.165, 1.54) is 13.3 Å². The van der Waals surface area contributed by atoms with E-state index < -0.39 is 0 Å². The summed E-state index contributed by atoms with van der Waals surface area (Å²) < 4.78 is 1.57. The van der Waals surface area contributed by atoms with Crippen LogP contribution in [0.4, 0.5) is 0 Å². The van der Waals surface area contributed by atoms with Crippen molar-refractivity contribution in [1.29, 1.82) is 0 Å². The SMILES string of the molecule is CC(=O)NC[C@H]1CC[C@@H](CC(=O)NCCn2cnnn2)N1C.O=CO. The van der Waals surface area contributed by atoms with Gasteiger partial charge in [0.05, 0.1) is 6.54 Å².